The van der Waals surface area contributed by atoms with Crippen molar-refractivity contribution >= 4 is 38.5 Å². The third-order valence-corrected chi connectivity index (χ3v) is 7.53. The average Bonchev–Trinajstić information content (AvgIpc) is 3.66. The fourth-order valence-electron chi connectivity index (χ4n) is 5.41. The van der Waals surface area contributed by atoms with E-state index in [1.54, 1.807) is 0 Å². The molecular weight excluding hydrogens is 442 g/mol. The number of nitrogen functional groups attached to an aromatic ring is 1. The van der Waals surface area contributed by atoms with Gasteiger partial charge < -0.3 is 15.6 Å². The minimum absolute atomic E-state index is 0.513. The van der Waals surface area contributed by atoms with Crippen LogP contribution in [0.2, 0.25) is 0 Å². The van der Waals surface area contributed by atoms with Crippen LogP contribution in [0.5, 0.6) is 0 Å². The number of nitrogens with two attached hydrogens (primary N) is 1. The molecule has 1 fully saturated rings. The Kier molecular flexibility index (Phi) is 6.32. The zero-order valence-corrected chi connectivity index (χ0v) is 21.1. The Balaban J connectivity index is 1.45. The zero-order chi connectivity index (χ0) is 24.5. The fraction of sp³-hybridized carbons (Fsp3) is 0.355. The van der Waals surface area contributed by atoms with Gasteiger partial charge in [-0.05, 0) is 59.3 Å². The van der Waals surface area contributed by atoms with Crippen molar-refractivity contribution in [3.8, 4) is 0 Å². The molecule has 36 heavy (non-hydrogen) atoms. The molecular formula is C31H35N5. The summed E-state index contributed by atoms with van der Waals surface area (Å²) in [5.74, 6) is 2.56. The first-order valence-electron chi connectivity index (χ1n) is 13.5. The molecule has 0 atom stereocenters. The molecule has 0 saturated heterocycles. The second kappa shape index (κ2) is 9.90. The highest BCUT2D eigenvalue weighted by Crippen LogP contribution is 2.33. The first-order valence-corrected chi connectivity index (χ1v) is 13.5. The Bertz CT molecular complexity index is 1530. The van der Waals surface area contributed by atoms with Crippen LogP contribution in [0, 0.1) is 5.92 Å². The lowest BCUT2D eigenvalue weighted by Gasteiger charge is -2.15. The van der Waals surface area contributed by atoms with Crippen LogP contribution >= 0.6 is 0 Å². The monoisotopic (exact) mass is 477 g/mol. The molecule has 5 aromatic rings. The van der Waals surface area contributed by atoms with Gasteiger partial charge in [0.05, 0.1) is 11.0 Å². The topological polar surface area (TPSA) is 68.8 Å². The van der Waals surface area contributed by atoms with Crippen molar-refractivity contribution in [2.75, 3.05) is 12.3 Å². The first kappa shape index (κ1) is 23.0. The Morgan fingerprint density at radius 3 is 2.64 bits per heavy atom. The maximum absolute atomic E-state index is 6.44. The zero-order valence-electron chi connectivity index (χ0n) is 21.1. The van der Waals surface area contributed by atoms with Crippen LogP contribution in [-0.2, 0) is 19.5 Å². The Labute approximate surface area is 212 Å². The maximum atomic E-state index is 6.44. The smallest absolute Gasteiger partial charge is 0.152 e. The number of unbranched alkanes of at least 4 members (excludes halogenated alkanes) is 1. The molecule has 0 amide bonds. The first-order chi connectivity index (χ1) is 17.7. The molecule has 1 aliphatic carbocycles. The van der Waals surface area contributed by atoms with E-state index < -0.39 is 0 Å². The summed E-state index contributed by atoms with van der Waals surface area (Å²) < 4.78 is 2.40. The number of fused-ring (bicyclic) bond motifs is 4. The number of hydrogen-bond donors (Lipinski definition) is 2. The molecule has 1 aliphatic rings. The van der Waals surface area contributed by atoms with Gasteiger partial charge >= 0.3 is 0 Å². The summed E-state index contributed by atoms with van der Waals surface area (Å²) in [7, 11) is 0. The van der Waals surface area contributed by atoms with Crippen LogP contribution in [0.1, 0.15) is 56.0 Å². The molecule has 1 saturated carbocycles. The van der Waals surface area contributed by atoms with E-state index in [1.165, 1.54) is 41.2 Å². The Hall–Kier alpha value is -3.44. The SMILES string of the molecule is CCCCc1nc2c(N)nc3ccccc3c2n1Cc1cc(CNCCC2CC2)cc2ccccc12. The third-order valence-electron chi connectivity index (χ3n) is 7.53. The molecule has 2 aromatic heterocycles. The highest BCUT2D eigenvalue weighted by atomic mass is 15.1. The van der Waals surface area contributed by atoms with Gasteiger partial charge in [-0.1, -0.05) is 74.7 Å². The van der Waals surface area contributed by atoms with E-state index in [9.17, 15) is 0 Å². The fourth-order valence-corrected chi connectivity index (χ4v) is 5.41. The van der Waals surface area contributed by atoms with Gasteiger partial charge in [-0.15, -0.1) is 0 Å². The molecule has 0 unspecified atom stereocenters. The standard InChI is InChI=1S/C31H35N5/c1-2-3-12-28-35-29-30(26-10-6-7-11-27(26)34-31(29)32)36(28)20-24-18-22(19-33-16-15-21-13-14-21)17-23-8-4-5-9-25(23)24/h4-11,17-18,21,33H,2-3,12-16,19-20H2,1H3,(H2,32,34). The van der Waals surface area contributed by atoms with Gasteiger partial charge in [0.25, 0.3) is 0 Å². The van der Waals surface area contributed by atoms with E-state index in [1.807, 2.05) is 12.1 Å². The van der Waals surface area contributed by atoms with Crippen LogP contribution < -0.4 is 11.1 Å². The lowest BCUT2D eigenvalue weighted by molar-refractivity contribution is 0.612. The summed E-state index contributed by atoms with van der Waals surface area (Å²) in [4.78, 5) is 9.71. The predicted octanol–water partition coefficient (Wildman–Crippen LogP) is 6.60. The lowest BCUT2D eigenvalue weighted by Crippen LogP contribution is -2.15. The molecule has 3 aromatic carbocycles. The van der Waals surface area contributed by atoms with E-state index >= 15 is 0 Å². The number of pyridine rings is 1. The van der Waals surface area contributed by atoms with E-state index in [-0.39, 0.29) is 0 Å². The van der Waals surface area contributed by atoms with Crippen molar-refractivity contribution < 1.29 is 0 Å². The Morgan fingerprint density at radius 2 is 1.81 bits per heavy atom. The molecule has 0 radical (unpaired) electrons. The number of nitrogens with zero attached hydrogens (tertiary/aromatic N) is 3. The summed E-state index contributed by atoms with van der Waals surface area (Å²) in [5.41, 5.74) is 11.9. The van der Waals surface area contributed by atoms with Gasteiger partial charge in [0.1, 0.15) is 11.3 Å². The molecule has 2 heterocycles. The van der Waals surface area contributed by atoms with Crippen molar-refractivity contribution in [1.82, 2.24) is 19.9 Å². The van der Waals surface area contributed by atoms with Crippen molar-refractivity contribution in [3.05, 3.63) is 77.6 Å². The van der Waals surface area contributed by atoms with Crippen molar-refractivity contribution in [2.24, 2.45) is 5.92 Å². The number of hydrogen-bond acceptors (Lipinski definition) is 4. The lowest BCUT2D eigenvalue weighted by atomic mass is 10.00. The molecule has 6 rings (SSSR count). The van der Waals surface area contributed by atoms with E-state index in [0.29, 0.717) is 5.82 Å². The molecule has 184 valence electrons. The molecule has 3 N–H and O–H groups in total. The van der Waals surface area contributed by atoms with Crippen molar-refractivity contribution in [1.29, 1.82) is 0 Å². The van der Waals surface area contributed by atoms with Crippen LogP contribution in [0.3, 0.4) is 0 Å². The van der Waals surface area contributed by atoms with Crippen LogP contribution in [0.4, 0.5) is 5.82 Å². The highest BCUT2D eigenvalue weighted by molar-refractivity contribution is 6.06. The molecule has 5 nitrogen and oxygen atoms in total. The second-order valence-electron chi connectivity index (χ2n) is 10.3. The number of aryl methyl sites for hydroxylation is 1. The third kappa shape index (κ3) is 4.56. The van der Waals surface area contributed by atoms with Gasteiger partial charge in [-0.2, -0.15) is 0 Å². The largest absolute Gasteiger partial charge is 0.382 e. The normalized spacial score (nSPS) is 13.8. The van der Waals surface area contributed by atoms with Gasteiger partial charge in [0.15, 0.2) is 5.82 Å². The number of imidazole rings is 1. The number of aromatic nitrogens is 3. The molecule has 0 bridgehead atoms. The summed E-state index contributed by atoms with van der Waals surface area (Å²) >= 11 is 0. The van der Waals surface area contributed by atoms with Gasteiger partial charge in [0.2, 0.25) is 0 Å². The minimum atomic E-state index is 0.513. The number of anilines is 1. The van der Waals surface area contributed by atoms with Gasteiger partial charge in [-0.25, -0.2) is 9.97 Å². The van der Waals surface area contributed by atoms with Gasteiger partial charge in [0, 0.05) is 24.9 Å². The van der Waals surface area contributed by atoms with E-state index in [2.05, 4.69) is 70.3 Å². The Morgan fingerprint density at radius 1 is 1.00 bits per heavy atom. The molecule has 5 heteroatoms. The maximum Gasteiger partial charge on any atom is 0.152 e. The summed E-state index contributed by atoms with van der Waals surface area (Å²) in [6, 6.07) is 21.7. The summed E-state index contributed by atoms with van der Waals surface area (Å²) in [6.07, 6.45) is 7.28. The van der Waals surface area contributed by atoms with Crippen LogP contribution in [0.15, 0.2) is 60.7 Å². The predicted molar refractivity (Wildman–Crippen MR) is 150 cm³/mol. The average molecular weight is 478 g/mol. The molecule has 0 aliphatic heterocycles. The van der Waals surface area contributed by atoms with Crippen LogP contribution in [0.25, 0.3) is 32.7 Å². The summed E-state index contributed by atoms with van der Waals surface area (Å²) in [5, 5.41) is 7.38. The second-order valence-corrected chi connectivity index (χ2v) is 10.3. The molecule has 0 spiro atoms. The summed E-state index contributed by atoms with van der Waals surface area (Å²) in [6.45, 7) is 4.99. The number of benzene rings is 3. The van der Waals surface area contributed by atoms with Gasteiger partial charge in [-0.3, -0.25) is 0 Å². The van der Waals surface area contributed by atoms with Crippen molar-refractivity contribution in [3.63, 3.8) is 0 Å². The van der Waals surface area contributed by atoms with Crippen molar-refractivity contribution in [2.45, 2.75) is 58.5 Å². The quantitative estimate of drug-likeness (QED) is 0.222. The van der Waals surface area contributed by atoms with E-state index in [4.69, 9.17) is 10.7 Å². The number of nitrogens with one attached hydrogen (secondary N) is 1. The van der Waals surface area contributed by atoms with E-state index in [0.717, 1.165) is 72.6 Å². The minimum Gasteiger partial charge on any atom is -0.382 e. The van der Waals surface area contributed by atoms with Crippen LogP contribution in [-0.4, -0.2) is 21.1 Å². The number of rotatable bonds is 10. The highest BCUT2D eigenvalue weighted by Gasteiger charge is 2.20. The number of para-hydroxylation sites is 1.